The van der Waals surface area contributed by atoms with Crippen LogP contribution in [0.1, 0.15) is 19.8 Å². The molecule has 8 heteroatoms. The van der Waals surface area contributed by atoms with Gasteiger partial charge in [0.25, 0.3) is 0 Å². The van der Waals surface area contributed by atoms with Gasteiger partial charge in [-0.25, -0.2) is 4.98 Å². The van der Waals surface area contributed by atoms with Crippen molar-refractivity contribution in [3.05, 3.63) is 36.4 Å². The van der Waals surface area contributed by atoms with E-state index in [-0.39, 0.29) is 35.8 Å². The average Bonchev–Trinajstić information content (AvgIpc) is 3.53. The number of anilines is 1. The number of hydrogen-bond acceptors (Lipinski definition) is 4. The molecule has 1 aromatic carbocycles. The molecule has 1 aliphatic carbocycles. The molecule has 1 aromatic heterocycles. The second kappa shape index (κ2) is 11.7. The fourth-order valence-corrected chi connectivity index (χ4v) is 2.71. The number of nitrogens with one attached hydrogen (secondary N) is 4. The maximum Gasteiger partial charge on any atom is 0.223 e. The molecule has 152 valence electrons. The summed E-state index contributed by atoms with van der Waals surface area (Å²) in [5.74, 6) is 2.03. The Morgan fingerprint density at radius 2 is 1.86 bits per heavy atom. The number of hydrogen-bond donors (Lipinski definition) is 4. The Hall–Kier alpha value is -2.10. The summed E-state index contributed by atoms with van der Waals surface area (Å²) in [4.78, 5) is 20.7. The maximum absolute atomic E-state index is 11.6. The molecule has 0 saturated heterocycles. The molecule has 0 unspecified atom stereocenters. The second-order valence-corrected chi connectivity index (χ2v) is 6.57. The molecule has 7 nitrogen and oxygen atoms in total. The van der Waals surface area contributed by atoms with E-state index in [2.05, 4.69) is 43.4 Å². The molecule has 4 N–H and O–H groups in total. The van der Waals surface area contributed by atoms with Crippen molar-refractivity contribution in [3.8, 4) is 0 Å². The number of amides is 1. The van der Waals surface area contributed by atoms with Gasteiger partial charge in [-0.15, -0.1) is 24.0 Å². The Balaban J connectivity index is 0.00000280. The molecule has 0 bridgehead atoms. The Morgan fingerprint density at radius 1 is 1.07 bits per heavy atom. The lowest BCUT2D eigenvalue weighted by Gasteiger charge is -2.12. The first-order valence-corrected chi connectivity index (χ1v) is 9.66. The van der Waals surface area contributed by atoms with Gasteiger partial charge in [0, 0.05) is 37.5 Å². The minimum Gasteiger partial charge on any atom is -0.368 e. The van der Waals surface area contributed by atoms with Gasteiger partial charge in [-0.1, -0.05) is 18.2 Å². The van der Waals surface area contributed by atoms with E-state index in [1.807, 2.05) is 31.2 Å². The van der Waals surface area contributed by atoms with Gasteiger partial charge in [0.2, 0.25) is 5.91 Å². The van der Waals surface area contributed by atoms with E-state index in [1.165, 1.54) is 0 Å². The number of para-hydroxylation sites is 1. The van der Waals surface area contributed by atoms with Crippen LogP contribution in [0.4, 0.5) is 5.82 Å². The smallest absolute Gasteiger partial charge is 0.223 e. The zero-order valence-corrected chi connectivity index (χ0v) is 18.5. The fourth-order valence-electron chi connectivity index (χ4n) is 2.71. The Labute approximate surface area is 183 Å². The molecule has 0 radical (unpaired) electrons. The lowest BCUT2D eigenvalue weighted by molar-refractivity contribution is -0.122. The van der Waals surface area contributed by atoms with Crippen molar-refractivity contribution in [3.63, 3.8) is 0 Å². The van der Waals surface area contributed by atoms with Gasteiger partial charge in [-0.2, -0.15) is 0 Å². The van der Waals surface area contributed by atoms with E-state index in [0.29, 0.717) is 26.2 Å². The van der Waals surface area contributed by atoms with Crippen LogP contribution in [0, 0.1) is 5.92 Å². The minimum atomic E-state index is 0. The SMILES string of the molecule is CCNC(=NCCNc1ccc2ccccc2n1)NCCNC(=O)C1CC1.I. The molecule has 2 aromatic rings. The number of aliphatic imine (C=N–C) groups is 1. The van der Waals surface area contributed by atoms with Crippen molar-refractivity contribution in [2.75, 3.05) is 38.0 Å². The summed E-state index contributed by atoms with van der Waals surface area (Å²) in [5.41, 5.74) is 0.981. The number of benzene rings is 1. The first kappa shape index (κ1) is 22.2. The summed E-state index contributed by atoms with van der Waals surface area (Å²) in [6, 6.07) is 12.1. The number of halogens is 1. The zero-order valence-electron chi connectivity index (χ0n) is 16.2. The standard InChI is InChI=1S/C20H28N6O.HI/c1-2-21-20(25-14-12-23-19(27)16-7-8-16)24-13-11-22-18-10-9-15-5-3-4-6-17(15)26-18;/h3-6,9-10,16H,2,7-8,11-14H2,1H3,(H,22,26)(H,23,27)(H2,21,24,25);1H. The highest BCUT2D eigenvalue weighted by molar-refractivity contribution is 14.0. The van der Waals surface area contributed by atoms with E-state index >= 15 is 0 Å². The maximum atomic E-state index is 11.6. The van der Waals surface area contributed by atoms with Crippen LogP contribution in [0.2, 0.25) is 0 Å². The molecule has 1 fully saturated rings. The van der Waals surface area contributed by atoms with Gasteiger partial charge in [-0.05, 0) is 38.0 Å². The lowest BCUT2D eigenvalue weighted by atomic mass is 10.2. The van der Waals surface area contributed by atoms with Crippen LogP contribution in [0.5, 0.6) is 0 Å². The Morgan fingerprint density at radius 3 is 2.64 bits per heavy atom. The molecule has 3 rings (SSSR count). The Bertz CT molecular complexity index is 793. The van der Waals surface area contributed by atoms with Crippen LogP contribution in [-0.4, -0.2) is 49.6 Å². The first-order chi connectivity index (χ1) is 13.3. The number of fused-ring (bicyclic) bond motifs is 1. The van der Waals surface area contributed by atoms with Gasteiger partial charge in [-0.3, -0.25) is 9.79 Å². The molecular formula is C20H29IN6O. The Kier molecular flexibility index (Phi) is 9.26. The van der Waals surface area contributed by atoms with Crippen LogP contribution in [0.25, 0.3) is 10.9 Å². The van der Waals surface area contributed by atoms with Crippen LogP contribution in [0.3, 0.4) is 0 Å². The van der Waals surface area contributed by atoms with E-state index in [9.17, 15) is 4.79 Å². The zero-order chi connectivity index (χ0) is 18.9. The molecule has 28 heavy (non-hydrogen) atoms. The molecule has 1 saturated carbocycles. The fraction of sp³-hybridized carbons (Fsp3) is 0.450. The largest absolute Gasteiger partial charge is 0.368 e. The highest BCUT2D eigenvalue weighted by Crippen LogP contribution is 2.28. The van der Waals surface area contributed by atoms with Crippen molar-refractivity contribution in [2.24, 2.45) is 10.9 Å². The highest BCUT2D eigenvalue weighted by Gasteiger charge is 2.28. The van der Waals surface area contributed by atoms with Crippen LogP contribution >= 0.6 is 24.0 Å². The predicted molar refractivity (Wildman–Crippen MR) is 125 cm³/mol. The molecule has 1 amide bonds. The van der Waals surface area contributed by atoms with Crippen LogP contribution < -0.4 is 21.3 Å². The second-order valence-electron chi connectivity index (χ2n) is 6.57. The van der Waals surface area contributed by atoms with Gasteiger partial charge >= 0.3 is 0 Å². The molecule has 1 heterocycles. The average molecular weight is 496 g/mol. The van der Waals surface area contributed by atoms with E-state index < -0.39 is 0 Å². The summed E-state index contributed by atoms with van der Waals surface area (Å²) in [7, 11) is 0. The van der Waals surface area contributed by atoms with E-state index in [1.54, 1.807) is 0 Å². The number of nitrogens with zero attached hydrogens (tertiary/aromatic N) is 2. The third kappa shape index (κ3) is 7.14. The number of pyridine rings is 1. The molecular weight excluding hydrogens is 467 g/mol. The predicted octanol–water partition coefficient (Wildman–Crippen LogP) is 2.35. The van der Waals surface area contributed by atoms with E-state index in [0.717, 1.165) is 42.1 Å². The van der Waals surface area contributed by atoms with Crippen molar-refractivity contribution < 1.29 is 4.79 Å². The molecule has 0 atom stereocenters. The van der Waals surface area contributed by atoms with E-state index in [4.69, 9.17) is 0 Å². The van der Waals surface area contributed by atoms with Crippen molar-refractivity contribution in [2.45, 2.75) is 19.8 Å². The summed E-state index contributed by atoms with van der Waals surface area (Å²) < 4.78 is 0. The van der Waals surface area contributed by atoms with Crippen molar-refractivity contribution >= 4 is 52.6 Å². The third-order valence-electron chi connectivity index (χ3n) is 4.30. The van der Waals surface area contributed by atoms with Crippen LogP contribution in [-0.2, 0) is 4.79 Å². The topological polar surface area (TPSA) is 90.4 Å². The molecule has 1 aliphatic rings. The first-order valence-electron chi connectivity index (χ1n) is 9.66. The third-order valence-corrected chi connectivity index (χ3v) is 4.30. The van der Waals surface area contributed by atoms with Crippen LogP contribution in [0.15, 0.2) is 41.4 Å². The quantitative estimate of drug-likeness (QED) is 0.185. The molecule has 0 aliphatic heterocycles. The van der Waals surface area contributed by atoms with Gasteiger partial charge in [0.1, 0.15) is 5.82 Å². The summed E-state index contributed by atoms with van der Waals surface area (Å²) in [6.07, 6.45) is 2.06. The van der Waals surface area contributed by atoms with Gasteiger partial charge in [0.05, 0.1) is 12.1 Å². The summed E-state index contributed by atoms with van der Waals surface area (Å²) in [5, 5.41) is 13.8. The van der Waals surface area contributed by atoms with Gasteiger partial charge in [0.15, 0.2) is 5.96 Å². The lowest BCUT2D eigenvalue weighted by Crippen LogP contribution is -2.42. The number of carbonyl (C=O) groups excluding carboxylic acids is 1. The van der Waals surface area contributed by atoms with Crippen molar-refractivity contribution in [1.82, 2.24) is 20.9 Å². The summed E-state index contributed by atoms with van der Waals surface area (Å²) >= 11 is 0. The molecule has 0 spiro atoms. The van der Waals surface area contributed by atoms with Crippen molar-refractivity contribution in [1.29, 1.82) is 0 Å². The van der Waals surface area contributed by atoms with Gasteiger partial charge < -0.3 is 21.3 Å². The normalized spacial score (nSPS) is 13.5. The monoisotopic (exact) mass is 496 g/mol. The highest BCUT2D eigenvalue weighted by atomic mass is 127. The minimum absolute atomic E-state index is 0. The summed E-state index contributed by atoms with van der Waals surface area (Å²) in [6.45, 7) is 5.41. The number of guanidine groups is 1. The number of aromatic nitrogens is 1. The number of carbonyl (C=O) groups is 1. The number of rotatable bonds is 9.